The van der Waals surface area contributed by atoms with Crippen LogP contribution in [0.2, 0.25) is 0 Å². The standard InChI is InChI=1S/C16H27N3O2/c1-4-20-11-9-19(10-12-21-5-2)15-13(3)7-6-8-14(15)16(17)18/h6-8H,4-5,9-12H2,1-3H3,(H3,17,18). The highest BCUT2D eigenvalue weighted by Gasteiger charge is 2.15. The number of ether oxygens (including phenoxy) is 2. The number of hydrogen-bond donors (Lipinski definition) is 2. The Bertz CT molecular complexity index is 439. The second-order valence-corrected chi connectivity index (χ2v) is 4.77. The minimum atomic E-state index is 0.0894. The normalized spacial score (nSPS) is 10.6. The van der Waals surface area contributed by atoms with Gasteiger partial charge in [0.1, 0.15) is 5.84 Å². The quantitative estimate of drug-likeness (QED) is 0.394. The average Bonchev–Trinajstić information content (AvgIpc) is 2.46. The number of anilines is 1. The third-order valence-electron chi connectivity index (χ3n) is 3.26. The second kappa shape index (κ2) is 9.37. The summed E-state index contributed by atoms with van der Waals surface area (Å²) in [5, 5.41) is 7.78. The lowest BCUT2D eigenvalue weighted by molar-refractivity contribution is 0.141. The van der Waals surface area contributed by atoms with Crippen molar-refractivity contribution < 1.29 is 9.47 Å². The summed E-state index contributed by atoms with van der Waals surface area (Å²) in [6, 6.07) is 5.86. The molecule has 1 aromatic carbocycles. The number of hydrogen-bond acceptors (Lipinski definition) is 4. The topological polar surface area (TPSA) is 71.6 Å². The van der Waals surface area contributed by atoms with Crippen molar-refractivity contribution in [3.8, 4) is 0 Å². The fourth-order valence-electron chi connectivity index (χ4n) is 2.27. The minimum Gasteiger partial charge on any atom is -0.384 e. The molecular weight excluding hydrogens is 266 g/mol. The van der Waals surface area contributed by atoms with E-state index in [1.807, 2.05) is 39.0 Å². The van der Waals surface area contributed by atoms with Crippen LogP contribution in [-0.2, 0) is 9.47 Å². The van der Waals surface area contributed by atoms with E-state index in [-0.39, 0.29) is 5.84 Å². The summed E-state index contributed by atoms with van der Waals surface area (Å²) in [7, 11) is 0. The predicted molar refractivity (Wildman–Crippen MR) is 87.4 cm³/mol. The minimum absolute atomic E-state index is 0.0894. The van der Waals surface area contributed by atoms with Crippen molar-refractivity contribution in [1.29, 1.82) is 5.41 Å². The number of nitrogens with two attached hydrogens (primary N) is 1. The van der Waals surface area contributed by atoms with Crippen LogP contribution in [0.1, 0.15) is 25.0 Å². The van der Waals surface area contributed by atoms with Crippen LogP contribution < -0.4 is 10.6 Å². The number of para-hydroxylation sites is 1. The van der Waals surface area contributed by atoms with Crippen molar-refractivity contribution in [3.05, 3.63) is 29.3 Å². The van der Waals surface area contributed by atoms with Gasteiger partial charge in [0, 0.05) is 31.9 Å². The average molecular weight is 293 g/mol. The molecule has 0 aliphatic heterocycles. The van der Waals surface area contributed by atoms with E-state index in [0.717, 1.165) is 29.9 Å². The van der Waals surface area contributed by atoms with Gasteiger partial charge in [-0.05, 0) is 32.4 Å². The Balaban J connectivity index is 2.97. The van der Waals surface area contributed by atoms with Gasteiger partial charge in [0.15, 0.2) is 0 Å². The van der Waals surface area contributed by atoms with Crippen LogP contribution in [0.25, 0.3) is 0 Å². The summed E-state index contributed by atoms with van der Waals surface area (Å²) < 4.78 is 10.9. The fourth-order valence-corrected chi connectivity index (χ4v) is 2.27. The summed E-state index contributed by atoms with van der Waals surface area (Å²) in [5.41, 5.74) is 8.60. The molecule has 0 aliphatic rings. The molecule has 21 heavy (non-hydrogen) atoms. The van der Waals surface area contributed by atoms with Gasteiger partial charge < -0.3 is 20.1 Å². The fraction of sp³-hybridized carbons (Fsp3) is 0.562. The van der Waals surface area contributed by atoms with E-state index in [1.165, 1.54) is 0 Å². The number of aryl methyl sites for hydroxylation is 1. The summed E-state index contributed by atoms with van der Waals surface area (Å²) in [5.74, 6) is 0.0894. The number of amidine groups is 1. The molecule has 3 N–H and O–H groups in total. The van der Waals surface area contributed by atoms with Gasteiger partial charge in [0.05, 0.1) is 18.9 Å². The maximum absolute atomic E-state index is 7.78. The van der Waals surface area contributed by atoms with Crippen molar-refractivity contribution in [2.24, 2.45) is 5.73 Å². The van der Waals surface area contributed by atoms with Gasteiger partial charge in [0.2, 0.25) is 0 Å². The molecule has 0 saturated carbocycles. The van der Waals surface area contributed by atoms with E-state index < -0.39 is 0 Å². The Kier molecular flexibility index (Phi) is 7.79. The lowest BCUT2D eigenvalue weighted by atomic mass is 10.1. The maximum Gasteiger partial charge on any atom is 0.124 e. The van der Waals surface area contributed by atoms with E-state index in [1.54, 1.807) is 0 Å². The molecule has 118 valence electrons. The van der Waals surface area contributed by atoms with Gasteiger partial charge in [0.25, 0.3) is 0 Å². The van der Waals surface area contributed by atoms with Gasteiger partial charge in [-0.2, -0.15) is 0 Å². The van der Waals surface area contributed by atoms with Gasteiger partial charge in [-0.1, -0.05) is 12.1 Å². The van der Waals surface area contributed by atoms with E-state index in [0.29, 0.717) is 26.4 Å². The Morgan fingerprint density at radius 2 is 1.71 bits per heavy atom. The molecule has 1 rings (SSSR count). The van der Waals surface area contributed by atoms with Gasteiger partial charge in [-0.3, -0.25) is 5.41 Å². The number of benzene rings is 1. The highest BCUT2D eigenvalue weighted by molar-refractivity contribution is 6.01. The Morgan fingerprint density at radius 1 is 1.14 bits per heavy atom. The Labute approximate surface area is 127 Å². The highest BCUT2D eigenvalue weighted by atomic mass is 16.5. The first-order chi connectivity index (χ1) is 10.1. The van der Waals surface area contributed by atoms with Crippen molar-refractivity contribution in [1.82, 2.24) is 0 Å². The van der Waals surface area contributed by atoms with Crippen LogP contribution >= 0.6 is 0 Å². The maximum atomic E-state index is 7.78. The van der Waals surface area contributed by atoms with Crippen LogP contribution in [0.3, 0.4) is 0 Å². The molecule has 0 aromatic heterocycles. The molecule has 5 heteroatoms. The number of rotatable bonds is 10. The van der Waals surface area contributed by atoms with Crippen LogP contribution in [0.4, 0.5) is 5.69 Å². The molecule has 0 unspecified atom stereocenters. The molecule has 5 nitrogen and oxygen atoms in total. The zero-order valence-corrected chi connectivity index (χ0v) is 13.3. The second-order valence-electron chi connectivity index (χ2n) is 4.77. The molecule has 0 atom stereocenters. The molecule has 0 radical (unpaired) electrons. The number of nitrogens with one attached hydrogen (secondary N) is 1. The first-order valence-corrected chi connectivity index (χ1v) is 7.46. The van der Waals surface area contributed by atoms with Crippen LogP contribution in [0.15, 0.2) is 18.2 Å². The van der Waals surface area contributed by atoms with Crippen molar-refractivity contribution in [2.75, 3.05) is 44.4 Å². The molecule has 0 amide bonds. The van der Waals surface area contributed by atoms with Crippen LogP contribution in [-0.4, -0.2) is 45.4 Å². The lowest BCUT2D eigenvalue weighted by Gasteiger charge is -2.28. The third-order valence-corrected chi connectivity index (χ3v) is 3.26. The van der Waals surface area contributed by atoms with E-state index in [2.05, 4.69) is 4.90 Å². The molecule has 1 aromatic rings. The van der Waals surface area contributed by atoms with Crippen LogP contribution in [0.5, 0.6) is 0 Å². The summed E-state index contributed by atoms with van der Waals surface area (Å²) in [6.45, 7) is 10.2. The molecule has 0 bridgehead atoms. The summed E-state index contributed by atoms with van der Waals surface area (Å²) in [6.07, 6.45) is 0. The van der Waals surface area contributed by atoms with E-state index in [4.69, 9.17) is 20.6 Å². The zero-order chi connectivity index (χ0) is 15.7. The van der Waals surface area contributed by atoms with Gasteiger partial charge >= 0.3 is 0 Å². The molecule has 0 aliphatic carbocycles. The number of nitrogen functional groups attached to an aromatic ring is 1. The molecule has 0 spiro atoms. The predicted octanol–water partition coefficient (Wildman–Crippen LogP) is 2.16. The smallest absolute Gasteiger partial charge is 0.124 e. The zero-order valence-electron chi connectivity index (χ0n) is 13.3. The van der Waals surface area contributed by atoms with E-state index in [9.17, 15) is 0 Å². The number of nitrogens with zero attached hydrogens (tertiary/aromatic N) is 1. The summed E-state index contributed by atoms with van der Waals surface area (Å²) in [4.78, 5) is 2.19. The molecule has 0 heterocycles. The third kappa shape index (κ3) is 5.36. The SMILES string of the molecule is CCOCCN(CCOCC)c1c(C)cccc1C(=N)N. The van der Waals surface area contributed by atoms with Crippen molar-refractivity contribution >= 4 is 11.5 Å². The van der Waals surface area contributed by atoms with Crippen LogP contribution in [0, 0.1) is 12.3 Å². The molecule has 0 saturated heterocycles. The van der Waals surface area contributed by atoms with E-state index >= 15 is 0 Å². The molecule has 0 fully saturated rings. The van der Waals surface area contributed by atoms with Crippen molar-refractivity contribution in [3.63, 3.8) is 0 Å². The lowest BCUT2D eigenvalue weighted by Crippen LogP contribution is -2.33. The first kappa shape index (κ1) is 17.5. The summed E-state index contributed by atoms with van der Waals surface area (Å²) >= 11 is 0. The Hall–Kier alpha value is -1.59. The monoisotopic (exact) mass is 293 g/mol. The Morgan fingerprint density at radius 3 is 2.19 bits per heavy atom. The van der Waals surface area contributed by atoms with Gasteiger partial charge in [-0.15, -0.1) is 0 Å². The largest absolute Gasteiger partial charge is 0.384 e. The van der Waals surface area contributed by atoms with Crippen molar-refractivity contribution in [2.45, 2.75) is 20.8 Å². The first-order valence-electron chi connectivity index (χ1n) is 7.46. The van der Waals surface area contributed by atoms with Gasteiger partial charge in [-0.25, -0.2) is 0 Å². The molecular formula is C16H27N3O2. The highest BCUT2D eigenvalue weighted by Crippen LogP contribution is 2.24.